The van der Waals surface area contributed by atoms with Gasteiger partial charge < -0.3 is 19.7 Å². The summed E-state index contributed by atoms with van der Waals surface area (Å²) in [6, 6.07) is 9.51. The summed E-state index contributed by atoms with van der Waals surface area (Å²) < 4.78 is 11.9. The number of aldehydes is 1. The van der Waals surface area contributed by atoms with Crippen LogP contribution in [-0.2, 0) is 4.79 Å². The van der Waals surface area contributed by atoms with Crippen LogP contribution in [0.25, 0.3) is 10.9 Å². The fourth-order valence-corrected chi connectivity index (χ4v) is 3.94. The molecule has 1 fully saturated rings. The van der Waals surface area contributed by atoms with Crippen molar-refractivity contribution in [2.75, 3.05) is 25.5 Å². The van der Waals surface area contributed by atoms with Crippen LogP contribution in [0.5, 0.6) is 11.5 Å². The molecule has 3 aromatic rings. The van der Waals surface area contributed by atoms with E-state index in [-0.39, 0.29) is 6.10 Å². The minimum atomic E-state index is 0.0541. The summed E-state index contributed by atoms with van der Waals surface area (Å²) in [5.41, 5.74) is 2.58. The molecule has 0 unspecified atom stereocenters. The van der Waals surface area contributed by atoms with Gasteiger partial charge in [-0.25, -0.2) is 9.97 Å². The second-order valence-corrected chi connectivity index (χ2v) is 8.02. The summed E-state index contributed by atoms with van der Waals surface area (Å²) in [4.78, 5) is 21.5. The maximum atomic E-state index is 10.5. The van der Waals surface area contributed by atoms with Crippen molar-refractivity contribution in [2.45, 2.75) is 25.9 Å². The predicted molar refractivity (Wildman–Crippen MR) is 126 cm³/mol. The summed E-state index contributed by atoms with van der Waals surface area (Å²) >= 11 is 6.28. The van der Waals surface area contributed by atoms with Crippen molar-refractivity contribution in [3.05, 3.63) is 59.5 Å². The van der Waals surface area contributed by atoms with Crippen molar-refractivity contribution in [2.24, 2.45) is 0 Å². The third-order valence-electron chi connectivity index (χ3n) is 5.59. The average Bonchev–Trinajstić information content (AvgIpc) is 2.81. The van der Waals surface area contributed by atoms with Gasteiger partial charge in [0.1, 0.15) is 24.5 Å². The minimum absolute atomic E-state index is 0.0541. The number of carbonyl (C=O) groups is 1. The van der Waals surface area contributed by atoms with Crippen molar-refractivity contribution in [3.63, 3.8) is 0 Å². The number of anilines is 2. The number of fused-ring (bicyclic) bond motifs is 1. The lowest BCUT2D eigenvalue weighted by molar-refractivity contribution is -0.104. The molecule has 1 saturated heterocycles. The Bertz CT molecular complexity index is 1140. The third kappa shape index (κ3) is 4.78. The number of methoxy groups -OCH3 is 1. The standard InChI is InChI=1S/C24H25ClN4O3/c1-16-19(25)5-3-6-20(16)28-24-18-13-23(22(31-2)14-21(18)26-15-27-24)32-17-7-10-29(11-8-17)9-4-12-30/h3-6,9,12-15,17H,7-8,10-11H2,1-2H3,(H,26,27,28). The number of halogens is 1. The molecular weight excluding hydrogens is 428 g/mol. The van der Waals surface area contributed by atoms with Crippen molar-refractivity contribution < 1.29 is 14.3 Å². The van der Waals surface area contributed by atoms with Crippen LogP contribution in [0.4, 0.5) is 11.5 Å². The molecule has 166 valence electrons. The Balaban J connectivity index is 1.60. The predicted octanol–water partition coefficient (Wildman–Crippen LogP) is 4.90. The molecule has 32 heavy (non-hydrogen) atoms. The van der Waals surface area contributed by atoms with E-state index >= 15 is 0 Å². The van der Waals surface area contributed by atoms with E-state index in [1.54, 1.807) is 7.11 Å². The Morgan fingerprint density at radius 3 is 2.75 bits per heavy atom. The van der Waals surface area contributed by atoms with E-state index in [9.17, 15) is 4.79 Å². The third-order valence-corrected chi connectivity index (χ3v) is 6.00. The number of carbonyl (C=O) groups excluding carboxylic acids is 1. The highest BCUT2D eigenvalue weighted by atomic mass is 35.5. The fourth-order valence-electron chi connectivity index (χ4n) is 3.76. The zero-order valence-corrected chi connectivity index (χ0v) is 18.8. The van der Waals surface area contributed by atoms with E-state index in [1.807, 2.05) is 43.5 Å². The van der Waals surface area contributed by atoms with Gasteiger partial charge in [0, 0.05) is 54.3 Å². The van der Waals surface area contributed by atoms with Gasteiger partial charge in [0.2, 0.25) is 0 Å². The number of benzene rings is 2. The summed E-state index contributed by atoms with van der Waals surface area (Å²) in [6.45, 7) is 3.62. The van der Waals surface area contributed by atoms with E-state index in [0.29, 0.717) is 22.3 Å². The Kier molecular flexibility index (Phi) is 6.75. The smallest absolute Gasteiger partial charge is 0.162 e. The quantitative estimate of drug-likeness (QED) is 0.403. The second kappa shape index (κ2) is 9.87. The van der Waals surface area contributed by atoms with Crippen LogP contribution in [0.15, 0.2) is 48.9 Å². The van der Waals surface area contributed by atoms with Gasteiger partial charge in [-0.1, -0.05) is 17.7 Å². The van der Waals surface area contributed by atoms with Gasteiger partial charge in [-0.2, -0.15) is 0 Å². The zero-order valence-electron chi connectivity index (χ0n) is 18.0. The summed E-state index contributed by atoms with van der Waals surface area (Å²) in [5.74, 6) is 1.95. The zero-order chi connectivity index (χ0) is 22.5. The van der Waals surface area contributed by atoms with E-state index in [0.717, 1.165) is 54.4 Å². The van der Waals surface area contributed by atoms with Gasteiger partial charge in [-0.15, -0.1) is 0 Å². The number of likely N-dealkylation sites (tertiary alicyclic amines) is 1. The summed E-state index contributed by atoms with van der Waals surface area (Å²) in [7, 11) is 1.62. The van der Waals surface area contributed by atoms with Crippen LogP contribution >= 0.6 is 11.6 Å². The van der Waals surface area contributed by atoms with Gasteiger partial charge in [0.05, 0.1) is 12.6 Å². The average molecular weight is 453 g/mol. The van der Waals surface area contributed by atoms with Gasteiger partial charge >= 0.3 is 0 Å². The Labute approximate surface area is 192 Å². The molecule has 0 aliphatic carbocycles. The molecule has 1 aliphatic rings. The molecule has 7 nitrogen and oxygen atoms in total. The number of nitrogens with one attached hydrogen (secondary N) is 1. The second-order valence-electron chi connectivity index (χ2n) is 7.61. The molecule has 0 radical (unpaired) electrons. The van der Waals surface area contributed by atoms with E-state index in [2.05, 4.69) is 20.2 Å². The van der Waals surface area contributed by atoms with Crippen LogP contribution in [0, 0.1) is 6.92 Å². The first kappa shape index (κ1) is 21.9. The molecule has 1 aromatic heterocycles. The molecule has 0 bridgehead atoms. The Hall–Kier alpha value is -3.32. The fraction of sp³-hybridized carbons (Fsp3) is 0.292. The summed E-state index contributed by atoms with van der Waals surface area (Å²) in [6.07, 6.45) is 7.41. The van der Waals surface area contributed by atoms with Crippen LogP contribution < -0.4 is 14.8 Å². The number of ether oxygens (including phenoxy) is 2. The van der Waals surface area contributed by atoms with E-state index in [1.165, 1.54) is 12.4 Å². The lowest BCUT2D eigenvalue weighted by Gasteiger charge is -2.31. The minimum Gasteiger partial charge on any atom is -0.493 e. The first-order valence-corrected chi connectivity index (χ1v) is 10.8. The molecule has 2 heterocycles. The van der Waals surface area contributed by atoms with E-state index < -0.39 is 0 Å². The summed E-state index contributed by atoms with van der Waals surface area (Å²) in [5, 5.41) is 4.89. The highest BCUT2D eigenvalue weighted by molar-refractivity contribution is 6.31. The monoisotopic (exact) mass is 452 g/mol. The van der Waals surface area contributed by atoms with Gasteiger partial charge in [-0.05, 0) is 36.8 Å². The number of rotatable bonds is 7. The molecular formula is C24H25ClN4O3. The molecule has 0 atom stereocenters. The van der Waals surface area contributed by atoms with Crippen molar-refractivity contribution >= 4 is 40.3 Å². The maximum absolute atomic E-state index is 10.5. The largest absolute Gasteiger partial charge is 0.493 e. The van der Waals surface area contributed by atoms with Crippen LogP contribution in [-0.4, -0.2) is 47.5 Å². The normalized spacial score (nSPS) is 14.7. The van der Waals surface area contributed by atoms with Crippen LogP contribution in [0.2, 0.25) is 5.02 Å². The molecule has 0 saturated carbocycles. The lowest BCUT2D eigenvalue weighted by Crippen LogP contribution is -2.35. The molecule has 8 heteroatoms. The highest BCUT2D eigenvalue weighted by Gasteiger charge is 2.21. The van der Waals surface area contributed by atoms with E-state index in [4.69, 9.17) is 21.1 Å². The SMILES string of the molecule is COc1cc2ncnc(Nc3cccc(Cl)c3C)c2cc1OC1CCN(C=CC=O)CC1. The van der Waals surface area contributed by atoms with Gasteiger partial charge in [-0.3, -0.25) is 4.79 Å². The topological polar surface area (TPSA) is 76.6 Å². The first-order valence-electron chi connectivity index (χ1n) is 10.5. The number of piperidine rings is 1. The molecule has 1 aliphatic heterocycles. The van der Waals surface area contributed by atoms with Gasteiger partial charge in [0.15, 0.2) is 11.5 Å². The highest BCUT2D eigenvalue weighted by Crippen LogP contribution is 2.37. The van der Waals surface area contributed by atoms with Crippen LogP contribution in [0.3, 0.4) is 0 Å². The molecule has 4 rings (SSSR count). The Morgan fingerprint density at radius 1 is 1.19 bits per heavy atom. The van der Waals surface area contributed by atoms with Gasteiger partial charge in [0.25, 0.3) is 0 Å². The Morgan fingerprint density at radius 2 is 2.00 bits per heavy atom. The number of allylic oxidation sites excluding steroid dienone is 1. The maximum Gasteiger partial charge on any atom is 0.162 e. The first-order chi connectivity index (χ1) is 15.6. The molecule has 0 amide bonds. The lowest BCUT2D eigenvalue weighted by atomic mass is 10.1. The van der Waals surface area contributed by atoms with Crippen LogP contribution in [0.1, 0.15) is 18.4 Å². The number of hydrogen-bond acceptors (Lipinski definition) is 7. The van der Waals surface area contributed by atoms with Crippen molar-refractivity contribution in [1.29, 1.82) is 0 Å². The van der Waals surface area contributed by atoms with Crippen molar-refractivity contribution in [3.8, 4) is 11.5 Å². The molecule has 0 spiro atoms. The number of hydrogen-bond donors (Lipinski definition) is 1. The van der Waals surface area contributed by atoms with Crippen molar-refractivity contribution in [1.82, 2.24) is 14.9 Å². The number of nitrogens with zero attached hydrogens (tertiary/aromatic N) is 3. The molecule has 2 aromatic carbocycles. The number of aromatic nitrogens is 2. The molecule has 1 N–H and O–H groups in total.